The Labute approximate surface area is 159 Å². The average Bonchev–Trinajstić information content (AvgIpc) is 2.87. The van der Waals surface area contributed by atoms with Crippen molar-refractivity contribution in [3.05, 3.63) is 64.7 Å². The van der Waals surface area contributed by atoms with Crippen molar-refractivity contribution >= 4 is 17.6 Å². The van der Waals surface area contributed by atoms with Gasteiger partial charge in [-0.1, -0.05) is 30.2 Å². The van der Waals surface area contributed by atoms with Crippen LogP contribution in [0.1, 0.15) is 47.8 Å². The third-order valence-corrected chi connectivity index (χ3v) is 4.22. The SMILES string of the molecule is C#Cc1ccc(C)cc1NC1(C(=O)NC(C)(C)C)OC(=O)c2ccccc21. The van der Waals surface area contributed by atoms with Crippen molar-refractivity contribution < 1.29 is 14.3 Å². The lowest BCUT2D eigenvalue weighted by Crippen LogP contribution is -2.55. The van der Waals surface area contributed by atoms with Crippen LogP contribution in [0.2, 0.25) is 0 Å². The van der Waals surface area contributed by atoms with Gasteiger partial charge in [-0.3, -0.25) is 4.79 Å². The number of carbonyl (C=O) groups excluding carboxylic acids is 2. The monoisotopic (exact) mass is 362 g/mol. The van der Waals surface area contributed by atoms with Crippen LogP contribution in [-0.2, 0) is 15.3 Å². The third kappa shape index (κ3) is 3.39. The molecule has 138 valence electrons. The van der Waals surface area contributed by atoms with Crippen LogP contribution in [0.5, 0.6) is 0 Å². The molecular weight excluding hydrogens is 340 g/mol. The summed E-state index contributed by atoms with van der Waals surface area (Å²) in [6.45, 7) is 7.50. The Hall–Kier alpha value is -3.26. The first-order valence-electron chi connectivity index (χ1n) is 8.67. The Morgan fingerprint density at radius 1 is 1.19 bits per heavy atom. The predicted octanol–water partition coefficient (Wildman–Crippen LogP) is 3.33. The van der Waals surface area contributed by atoms with Crippen LogP contribution in [-0.4, -0.2) is 17.4 Å². The zero-order valence-corrected chi connectivity index (χ0v) is 15.8. The van der Waals surface area contributed by atoms with Gasteiger partial charge in [0.15, 0.2) is 0 Å². The van der Waals surface area contributed by atoms with Crippen LogP contribution in [0.3, 0.4) is 0 Å². The van der Waals surface area contributed by atoms with Gasteiger partial charge < -0.3 is 15.4 Å². The zero-order valence-electron chi connectivity index (χ0n) is 15.8. The van der Waals surface area contributed by atoms with E-state index in [0.29, 0.717) is 22.4 Å². The average molecular weight is 362 g/mol. The highest BCUT2D eigenvalue weighted by Gasteiger charge is 2.52. The minimum atomic E-state index is -1.69. The molecule has 0 bridgehead atoms. The van der Waals surface area contributed by atoms with E-state index in [4.69, 9.17) is 11.2 Å². The van der Waals surface area contributed by atoms with Gasteiger partial charge >= 0.3 is 5.97 Å². The zero-order chi connectivity index (χ0) is 19.8. The van der Waals surface area contributed by atoms with Crippen LogP contribution >= 0.6 is 0 Å². The van der Waals surface area contributed by atoms with Crippen LogP contribution in [0.15, 0.2) is 42.5 Å². The van der Waals surface area contributed by atoms with Gasteiger partial charge in [0.1, 0.15) is 0 Å². The molecule has 1 amide bonds. The number of carbonyl (C=O) groups is 2. The molecule has 1 aliphatic heterocycles. The van der Waals surface area contributed by atoms with E-state index in [9.17, 15) is 9.59 Å². The third-order valence-electron chi connectivity index (χ3n) is 4.22. The van der Waals surface area contributed by atoms with E-state index in [2.05, 4.69) is 16.6 Å². The summed E-state index contributed by atoms with van der Waals surface area (Å²) in [6, 6.07) is 12.4. The van der Waals surface area contributed by atoms with Crippen molar-refractivity contribution in [3.63, 3.8) is 0 Å². The van der Waals surface area contributed by atoms with Crippen molar-refractivity contribution in [3.8, 4) is 12.3 Å². The van der Waals surface area contributed by atoms with Crippen LogP contribution in [0, 0.1) is 19.3 Å². The van der Waals surface area contributed by atoms with Gasteiger partial charge in [-0.25, -0.2) is 4.79 Å². The summed E-state index contributed by atoms with van der Waals surface area (Å²) >= 11 is 0. The number of hydrogen-bond acceptors (Lipinski definition) is 4. The van der Waals surface area contributed by atoms with Gasteiger partial charge in [0.2, 0.25) is 0 Å². The van der Waals surface area contributed by atoms with Crippen molar-refractivity contribution in [2.75, 3.05) is 5.32 Å². The molecule has 0 aliphatic carbocycles. The number of amides is 1. The lowest BCUT2D eigenvalue weighted by Gasteiger charge is -2.33. The van der Waals surface area contributed by atoms with Gasteiger partial charge in [0.05, 0.1) is 11.3 Å². The van der Waals surface area contributed by atoms with Crippen LogP contribution in [0.4, 0.5) is 5.69 Å². The fourth-order valence-corrected chi connectivity index (χ4v) is 3.04. The highest BCUT2D eigenvalue weighted by atomic mass is 16.6. The molecule has 3 rings (SSSR count). The maximum atomic E-state index is 13.3. The number of fused-ring (bicyclic) bond motifs is 1. The van der Waals surface area contributed by atoms with Crippen LogP contribution in [0.25, 0.3) is 0 Å². The molecule has 2 aromatic rings. The first-order chi connectivity index (χ1) is 12.7. The smallest absolute Gasteiger partial charge is 0.341 e. The van der Waals surface area contributed by atoms with Crippen molar-refractivity contribution in [2.45, 2.75) is 39.0 Å². The number of hydrogen-bond donors (Lipinski definition) is 2. The molecular formula is C22H22N2O3. The Bertz CT molecular complexity index is 966. The second-order valence-corrected chi connectivity index (χ2v) is 7.64. The Kier molecular flexibility index (Phi) is 4.44. The fraction of sp³-hybridized carbons (Fsp3) is 0.273. The lowest BCUT2D eigenvalue weighted by atomic mass is 9.96. The first kappa shape index (κ1) is 18.5. The van der Waals surface area contributed by atoms with Gasteiger partial charge in [0, 0.05) is 16.7 Å². The molecule has 0 aromatic heterocycles. The molecule has 1 unspecified atom stereocenters. The molecule has 1 aliphatic rings. The highest BCUT2D eigenvalue weighted by Crippen LogP contribution is 2.39. The van der Waals surface area contributed by atoms with E-state index in [1.807, 2.05) is 39.8 Å². The molecule has 0 saturated heterocycles. The highest BCUT2D eigenvalue weighted by molar-refractivity contribution is 6.03. The van der Waals surface area contributed by atoms with Crippen molar-refractivity contribution in [1.82, 2.24) is 5.32 Å². The number of terminal acetylenes is 1. The Balaban J connectivity index is 2.17. The fourth-order valence-electron chi connectivity index (χ4n) is 3.04. The summed E-state index contributed by atoms with van der Waals surface area (Å²) in [5.74, 6) is 1.58. The molecule has 0 radical (unpaired) electrons. The van der Waals surface area contributed by atoms with E-state index >= 15 is 0 Å². The molecule has 2 N–H and O–H groups in total. The molecule has 5 nitrogen and oxygen atoms in total. The second kappa shape index (κ2) is 6.48. The summed E-state index contributed by atoms with van der Waals surface area (Å²) in [4.78, 5) is 25.8. The molecule has 1 atom stereocenters. The van der Waals surface area contributed by atoms with E-state index < -0.39 is 23.1 Å². The summed E-state index contributed by atoms with van der Waals surface area (Å²) in [5.41, 5.74) is 0.679. The number of esters is 1. The van der Waals surface area contributed by atoms with Gasteiger partial charge in [-0.15, -0.1) is 6.42 Å². The summed E-state index contributed by atoms with van der Waals surface area (Å²) in [6.07, 6.45) is 5.62. The number of cyclic esters (lactones) is 1. The number of rotatable bonds is 3. The molecule has 0 fully saturated rings. The first-order valence-corrected chi connectivity index (χ1v) is 8.67. The van der Waals surface area contributed by atoms with Gasteiger partial charge in [-0.05, 0) is 51.5 Å². The number of anilines is 1. The summed E-state index contributed by atoms with van der Waals surface area (Å²) in [5, 5.41) is 6.03. The van der Waals surface area contributed by atoms with Crippen LogP contribution < -0.4 is 10.6 Å². The molecule has 27 heavy (non-hydrogen) atoms. The molecule has 0 spiro atoms. The molecule has 5 heteroatoms. The number of benzene rings is 2. The maximum absolute atomic E-state index is 13.3. The molecule has 1 heterocycles. The Morgan fingerprint density at radius 3 is 2.56 bits per heavy atom. The maximum Gasteiger partial charge on any atom is 0.341 e. The predicted molar refractivity (Wildman–Crippen MR) is 104 cm³/mol. The Morgan fingerprint density at radius 2 is 1.89 bits per heavy atom. The number of aryl methyl sites for hydroxylation is 1. The van der Waals surface area contributed by atoms with Crippen molar-refractivity contribution in [2.24, 2.45) is 0 Å². The number of nitrogens with one attached hydrogen (secondary N) is 2. The largest absolute Gasteiger partial charge is 0.421 e. The topological polar surface area (TPSA) is 67.4 Å². The summed E-state index contributed by atoms with van der Waals surface area (Å²) in [7, 11) is 0. The van der Waals surface area contributed by atoms with E-state index in [0.717, 1.165) is 5.56 Å². The molecule has 0 saturated carbocycles. The lowest BCUT2D eigenvalue weighted by molar-refractivity contribution is -0.139. The minimum Gasteiger partial charge on any atom is -0.421 e. The quantitative estimate of drug-likeness (QED) is 0.649. The van der Waals surface area contributed by atoms with E-state index in [-0.39, 0.29) is 0 Å². The normalized spacial score (nSPS) is 18.3. The standard InChI is InChI=1S/C22H22N2O3/c1-6-15-12-11-14(2)13-18(15)23-22(20(26)24-21(3,4)5)17-10-8-7-9-16(17)19(25)27-22/h1,7-13,23H,2-5H3,(H,24,26). The van der Waals surface area contributed by atoms with Gasteiger partial charge in [-0.2, -0.15) is 0 Å². The van der Waals surface area contributed by atoms with Gasteiger partial charge in [0.25, 0.3) is 11.6 Å². The van der Waals surface area contributed by atoms with E-state index in [1.54, 1.807) is 30.3 Å². The van der Waals surface area contributed by atoms with E-state index in [1.165, 1.54) is 0 Å². The summed E-state index contributed by atoms with van der Waals surface area (Å²) < 4.78 is 5.64. The second-order valence-electron chi connectivity index (χ2n) is 7.64. The molecule has 2 aromatic carbocycles. The van der Waals surface area contributed by atoms with Crippen molar-refractivity contribution in [1.29, 1.82) is 0 Å². The minimum absolute atomic E-state index is 0.351. The number of ether oxygens (including phenoxy) is 1.